The van der Waals surface area contributed by atoms with E-state index in [4.69, 9.17) is 9.47 Å². The van der Waals surface area contributed by atoms with Crippen molar-refractivity contribution in [3.8, 4) is 5.75 Å². The Morgan fingerprint density at radius 3 is 2.42 bits per heavy atom. The van der Waals surface area contributed by atoms with E-state index in [0.29, 0.717) is 21.6 Å². The second-order valence-electron chi connectivity index (χ2n) is 6.52. The fourth-order valence-electron chi connectivity index (χ4n) is 3.19. The SMILES string of the molecule is CCOC(=O)C(=O)c1sc(=NC(=O)c2ccc(OC)cc2)n2c1ccc1ccccc12. The number of aromatic nitrogens is 1. The van der Waals surface area contributed by atoms with Crippen molar-refractivity contribution in [2.75, 3.05) is 13.7 Å². The van der Waals surface area contributed by atoms with E-state index in [1.54, 1.807) is 48.8 Å². The highest BCUT2D eigenvalue weighted by Gasteiger charge is 2.24. The molecule has 0 unspecified atom stereocenters. The predicted octanol–water partition coefficient (Wildman–Crippen LogP) is 3.65. The van der Waals surface area contributed by atoms with Gasteiger partial charge in [0.05, 0.1) is 24.8 Å². The normalized spacial score (nSPS) is 11.6. The molecule has 0 aliphatic rings. The minimum Gasteiger partial charge on any atom is -0.497 e. The number of benzene rings is 2. The van der Waals surface area contributed by atoms with Crippen molar-refractivity contribution in [3.63, 3.8) is 0 Å². The molecule has 2 aromatic heterocycles. The van der Waals surface area contributed by atoms with Crippen molar-refractivity contribution in [1.29, 1.82) is 0 Å². The molecule has 2 aromatic carbocycles. The van der Waals surface area contributed by atoms with Crippen molar-refractivity contribution in [2.45, 2.75) is 6.92 Å². The number of amides is 1. The summed E-state index contributed by atoms with van der Waals surface area (Å²) in [5.74, 6) is -1.55. The van der Waals surface area contributed by atoms with Crippen molar-refractivity contribution >= 4 is 45.4 Å². The van der Waals surface area contributed by atoms with E-state index in [0.717, 1.165) is 22.2 Å². The van der Waals surface area contributed by atoms with Crippen LogP contribution in [0.1, 0.15) is 27.0 Å². The molecule has 1 amide bonds. The maximum Gasteiger partial charge on any atom is 0.380 e. The first-order valence-electron chi connectivity index (χ1n) is 9.51. The lowest BCUT2D eigenvalue weighted by atomic mass is 10.2. The number of esters is 1. The first-order valence-corrected chi connectivity index (χ1v) is 10.3. The Balaban J connectivity index is 1.93. The number of Topliss-reactive ketones (excluding diaryl/α,β-unsaturated/α-hetero) is 1. The Kier molecular flexibility index (Phi) is 5.64. The molecule has 0 N–H and O–H groups in total. The average molecular weight is 434 g/mol. The second kappa shape index (κ2) is 8.53. The van der Waals surface area contributed by atoms with E-state index in [9.17, 15) is 14.4 Å². The summed E-state index contributed by atoms with van der Waals surface area (Å²) in [6, 6.07) is 17.7. The molecule has 8 heteroatoms. The number of carbonyl (C=O) groups excluding carboxylic acids is 3. The van der Waals surface area contributed by atoms with Crippen molar-refractivity contribution < 1.29 is 23.9 Å². The average Bonchev–Trinajstić information content (AvgIpc) is 3.17. The molecule has 4 aromatic rings. The first kappa shape index (κ1) is 20.5. The van der Waals surface area contributed by atoms with Gasteiger partial charge in [-0.2, -0.15) is 4.99 Å². The fraction of sp³-hybridized carbons (Fsp3) is 0.130. The summed E-state index contributed by atoms with van der Waals surface area (Å²) in [7, 11) is 1.54. The zero-order valence-electron chi connectivity index (χ0n) is 16.8. The van der Waals surface area contributed by atoms with Gasteiger partial charge in [0.1, 0.15) is 10.6 Å². The fourth-order valence-corrected chi connectivity index (χ4v) is 4.23. The van der Waals surface area contributed by atoms with Crippen LogP contribution >= 0.6 is 11.3 Å². The number of pyridine rings is 1. The van der Waals surface area contributed by atoms with Crippen LogP contribution in [0.4, 0.5) is 0 Å². The van der Waals surface area contributed by atoms with Crippen molar-refractivity contribution in [3.05, 3.63) is 75.9 Å². The molecular formula is C23H18N2O5S. The maximum absolute atomic E-state index is 12.8. The molecule has 31 heavy (non-hydrogen) atoms. The van der Waals surface area contributed by atoms with Gasteiger partial charge in [-0.25, -0.2) is 4.79 Å². The van der Waals surface area contributed by atoms with E-state index in [1.165, 1.54) is 0 Å². The number of ether oxygens (including phenoxy) is 2. The Labute approximate surface area is 181 Å². The summed E-state index contributed by atoms with van der Waals surface area (Å²) >= 11 is 0.981. The van der Waals surface area contributed by atoms with Crippen LogP contribution in [0, 0.1) is 0 Å². The van der Waals surface area contributed by atoms with Gasteiger partial charge in [-0.05, 0) is 48.7 Å². The lowest BCUT2D eigenvalue weighted by Gasteiger charge is -2.04. The summed E-state index contributed by atoms with van der Waals surface area (Å²) in [5, 5.41) is 0.904. The van der Waals surface area contributed by atoms with Crippen molar-refractivity contribution in [2.24, 2.45) is 4.99 Å². The third kappa shape index (κ3) is 3.85. The zero-order valence-corrected chi connectivity index (χ0v) is 17.6. The molecule has 0 spiro atoms. The number of methoxy groups -OCH3 is 1. The monoisotopic (exact) mass is 434 g/mol. The number of hydrogen-bond donors (Lipinski definition) is 0. The molecule has 0 atom stereocenters. The molecular weight excluding hydrogens is 416 g/mol. The quantitative estimate of drug-likeness (QED) is 0.272. The Hall–Kier alpha value is -3.78. The van der Waals surface area contributed by atoms with Crippen LogP contribution in [-0.4, -0.2) is 35.8 Å². The number of ketones is 1. The highest BCUT2D eigenvalue weighted by Crippen LogP contribution is 2.22. The summed E-state index contributed by atoms with van der Waals surface area (Å²) in [4.78, 5) is 42.3. The van der Waals surface area contributed by atoms with Crippen molar-refractivity contribution in [1.82, 2.24) is 4.40 Å². The van der Waals surface area contributed by atoms with Gasteiger partial charge in [-0.1, -0.05) is 35.6 Å². The molecule has 156 valence electrons. The maximum atomic E-state index is 12.8. The molecule has 2 heterocycles. The minimum atomic E-state index is -0.938. The molecule has 0 saturated carbocycles. The van der Waals surface area contributed by atoms with Gasteiger partial charge in [-0.3, -0.25) is 14.0 Å². The highest BCUT2D eigenvalue weighted by molar-refractivity contribution is 7.13. The number of nitrogens with zero attached hydrogens (tertiary/aromatic N) is 2. The number of rotatable bonds is 5. The largest absolute Gasteiger partial charge is 0.497 e. The first-order chi connectivity index (χ1) is 15.0. The molecule has 0 fully saturated rings. The number of para-hydroxylation sites is 1. The standard InChI is InChI=1S/C23H18N2O5S/c1-3-30-22(28)19(26)20-18-13-10-14-6-4-5-7-17(14)25(18)23(31-20)24-21(27)15-8-11-16(29-2)12-9-15/h4-13H,3H2,1-2H3. The lowest BCUT2D eigenvalue weighted by molar-refractivity contribution is -0.137. The molecule has 4 rings (SSSR count). The van der Waals surface area contributed by atoms with E-state index in [-0.39, 0.29) is 11.5 Å². The topological polar surface area (TPSA) is 86.4 Å². The molecule has 0 bridgehead atoms. The molecule has 7 nitrogen and oxygen atoms in total. The number of thiazole rings is 1. The number of fused-ring (bicyclic) bond motifs is 3. The molecule has 0 saturated heterocycles. The third-order valence-corrected chi connectivity index (χ3v) is 5.71. The highest BCUT2D eigenvalue weighted by atomic mass is 32.1. The van der Waals surface area contributed by atoms with Crippen LogP contribution in [-0.2, 0) is 9.53 Å². The van der Waals surface area contributed by atoms with Gasteiger partial charge < -0.3 is 9.47 Å². The van der Waals surface area contributed by atoms with E-state index in [1.807, 2.05) is 30.3 Å². The molecule has 0 aliphatic carbocycles. The van der Waals surface area contributed by atoms with Crippen LogP contribution in [0.15, 0.2) is 65.7 Å². The van der Waals surface area contributed by atoms with Gasteiger partial charge >= 0.3 is 5.97 Å². The minimum absolute atomic E-state index is 0.0944. The van der Waals surface area contributed by atoms with Crippen LogP contribution in [0.3, 0.4) is 0 Å². The molecule has 0 radical (unpaired) electrons. The Morgan fingerprint density at radius 2 is 1.71 bits per heavy atom. The smallest absolute Gasteiger partial charge is 0.380 e. The summed E-state index contributed by atoms with van der Waals surface area (Å²) < 4.78 is 11.7. The summed E-state index contributed by atoms with van der Waals surface area (Å²) in [5.41, 5.74) is 1.63. The Morgan fingerprint density at radius 1 is 0.968 bits per heavy atom. The van der Waals surface area contributed by atoms with Crippen LogP contribution < -0.4 is 9.54 Å². The summed E-state index contributed by atoms with van der Waals surface area (Å²) in [6.45, 7) is 1.73. The lowest BCUT2D eigenvalue weighted by Crippen LogP contribution is -2.16. The number of carbonyl (C=O) groups is 3. The van der Waals surface area contributed by atoms with Crippen LogP contribution in [0.2, 0.25) is 0 Å². The van der Waals surface area contributed by atoms with Gasteiger partial charge in [0.15, 0.2) is 4.80 Å². The van der Waals surface area contributed by atoms with Crippen LogP contribution in [0.5, 0.6) is 5.75 Å². The second-order valence-corrected chi connectivity index (χ2v) is 7.50. The third-order valence-electron chi connectivity index (χ3n) is 4.66. The zero-order chi connectivity index (χ0) is 22.0. The Bertz CT molecular complexity index is 1380. The molecule has 0 aliphatic heterocycles. The van der Waals surface area contributed by atoms with Gasteiger partial charge in [0.2, 0.25) is 0 Å². The van der Waals surface area contributed by atoms with E-state index in [2.05, 4.69) is 4.99 Å². The van der Waals surface area contributed by atoms with Gasteiger partial charge in [-0.15, -0.1) is 0 Å². The predicted molar refractivity (Wildman–Crippen MR) is 117 cm³/mol. The summed E-state index contributed by atoms with van der Waals surface area (Å²) in [6.07, 6.45) is 0. The van der Waals surface area contributed by atoms with E-state index >= 15 is 0 Å². The van der Waals surface area contributed by atoms with Crippen LogP contribution in [0.25, 0.3) is 16.4 Å². The van der Waals surface area contributed by atoms with Gasteiger partial charge in [0, 0.05) is 5.56 Å². The van der Waals surface area contributed by atoms with Gasteiger partial charge in [0.25, 0.3) is 11.7 Å². The number of hydrogen-bond acceptors (Lipinski definition) is 6. The van der Waals surface area contributed by atoms with E-state index < -0.39 is 17.7 Å².